The summed E-state index contributed by atoms with van der Waals surface area (Å²) in [4.78, 5) is 0. The van der Waals surface area contributed by atoms with Crippen LogP contribution in [0.4, 0.5) is 0 Å². The third kappa shape index (κ3) is 3.89. The Hall–Kier alpha value is -2.06. The van der Waals surface area contributed by atoms with E-state index in [0.29, 0.717) is 37.3 Å². The molecule has 28 heavy (non-hydrogen) atoms. The molecule has 1 fully saturated rings. The number of hydrogen-bond acceptors (Lipinski definition) is 4. The van der Waals surface area contributed by atoms with Gasteiger partial charge in [0.15, 0.2) is 0 Å². The van der Waals surface area contributed by atoms with Gasteiger partial charge >= 0.3 is 0 Å². The van der Waals surface area contributed by atoms with Crippen LogP contribution in [0.5, 0.6) is 5.75 Å². The molecule has 4 rings (SSSR count). The lowest BCUT2D eigenvalue weighted by Crippen LogP contribution is -2.29. The maximum Gasteiger partial charge on any atom is 0.141 e. The molecule has 2 heterocycles. The second-order valence-corrected chi connectivity index (χ2v) is 8.11. The van der Waals surface area contributed by atoms with Crippen LogP contribution in [-0.4, -0.2) is 23.9 Å². The van der Waals surface area contributed by atoms with Gasteiger partial charge in [0.1, 0.15) is 5.75 Å². The van der Waals surface area contributed by atoms with Crippen LogP contribution in [0, 0.1) is 11.3 Å². The van der Waals surface area contributed by atoms with E-state index in [0.717, 1.165) is 40.0 Å². The van der Waals surface area contributed by atoms with Crippen molar-refractivity contribution < 1.29 is 14.6 Å². The molecule has 2 aliphatic heterocycles. The largest absolute Gasteiger partial charge is 0.491 e. The SMILES string of the molecule is CC1CC(O)CC(c2cc(Cc3ccc(CC#N)cc3)c(Cl)c3c2CCO3)O1. The molecule has 0 aromatic heterocycles. The van der Waals surface area contributed by atoms with Gasteiger partial charge in [-0.1, -0.05) is 41.9 Å². The molecule has 0 bridgehead atoms. The first-order valence-corrected chi connectivity index (χ1v) is 10.2. The first-order valence-electron chi connectivity index (χ1n) is 9.80. The predicted octanol–water partition coefficient (Wildman–Crippen LogP) is 4.53. The van der Waals surface area contributed by atoms with Crippen LogP contribution < -0.4 is 4.74 Å². The van der Waals surface area contributed by atoms with Crippen LogP contribution in [0.3, 0.4) is 0 Å². The summed E-state index contributed by atoms with van der Waals surface area (Å²) in [6, 6.07) is 12.4. The van der Waals surface area contributed by atoms with Crippen molar-refractivity contribution in [3.63, 3.8) is 0 Å². The Morgan fingerprint density at radius 1 is 1.21 bits per heavy atom. The highest BCUT2D eigenvalue weighted by Crippen LogP contribution is 2.44. The second-order valence-electron chi connectivity index (χ2n) is 7.73. The van der Waals surface area contributed by atoms with E-state index in [1.54, 1.807) is 0 Å². The van der Waals surface area contributed by atoms with E-state index in [-0.39, 0.29) is 18.3 Å². The van der Waals surface area contributed by atoms with Crippen LogP contribution in [0.25, 0.3) is 0 Å². The van der Waals surface area contributed by atoms with Crippen molar-refractivity contribution in [2.45, 2.75) is 57.3 Å². The van der Waals surface area contributed by atoms with Crippen LogP contribution in [0.1, 0.15) is 53.7 Å². The molecule has 4 nitrogen and oxygen atoms in total. The zero-order valence-corrected chi connectivity index (χ0v) is 16.7. The van der Waals surface area contributed by atoms with Gasteiger partial charge in [0, 0.05) is 18.4 Å². The summed E-state index contributed by atoms with van der Waals surface area (Å²) in [5.74, 6) is 0.770. The molecule has 5 heteroatoms. The average molecular weight is 398 g/mol. The van der Waals surface area contributed by atoms with Crippen molar-refractivity contribution >= 4 is 11.6 Å². The number of aliphatic hydroxyl groups excluding tert-OH is 1. The van der Waals surface area contributed by atoms with Crippen molar-refractivity contribution in [3.05, 3.63) is 63.2 Å². The molecule has 2 aromatic rings. The van der Waals surface area contributed by atoms with E-state index in [1.165, 1.54) is 0 Å². The van der Waals surface area contributed by atoms with Crippen LogP contribution >= 0.6 is 11.6 Å². The number of halogens is 1. The number of aliphatic hydroxyl groups is 1. The number of ether oxygens (including phenoxy) is 2. The minimum Gasteiger partial charge on any atom is -0.491 e. The standard InChI is InChI=1S/C23H24ClNO3/c1-14-10-18(26)13-21(28-14)20-12-17(22(24)23-19(20)7-9-27-23)11-16-4-2-15(3-5-16)6-8-25/h2-5,12,14,18,21,26H,6-7,9-11,13H2,1H3. The molecule has 0 aliphatic carbocycles. The van der Waals surface area contributed by atoms with Gasteiger partial charge in [-0.2, -0.15) is 5.26 Å². The third-order valence-electron chi connectivity index (χ3n) is 5.57. The number of nitriles is 1. The Balaban J connectivity index is 1.67. The Morgan fingerprint density at radius 3 is 2.68 bits per heavy atom. The predicted molar refractivity (Wildman–Crippen MR) is 108 cm³/mol. The van der Waals surface area contributed by atoms with E-state index in [9.17, 15) is 5.11 Å². The fraction of sp³-hybridized carbons (Fsp3) is 0.435. The topological polar surface area (TPSA) is 62.5 Å². The normalized spacial score (nSPS) is 23.7. The van der Waals surface area contributed by atoms with Crippen LogP contribution in [-0.2, 0) is 24.0 Å². The molecular formula is C23H24ClNO3. The fourth-order valence-electron chi connectivity index (χ4n) is 4.23. The van der Waals surface area contributed by atoms with Crippen molar-refractivity contribution in [3.8, 4) is 11.8 Å². The Labute approximate surface area is 170 Å². The number of benzene rings is 2. The van der Waals surface area contributed by atoms with Gasteiger partial charge < -0.3 is 14.6 Å². The molecule has 1 saturated heterocycles. The molecule has 0 amide bonds. The summed E-state index contributed by atoms with van der Waals surface area (Å²) < 4.78 is 12.0. The molecule has 2 aliphatic rings. The highest BCUT2D eigenvalue weighted by molar-refractivity contribution is 6.33. The van der Waals surface area contributed by atoms with Crippen molar-refractivity contribution in [2.24, 2.45) is 0 Å². The van der Waals surface area contributed by atoms with Crippen molar-refractivity contribution in [1.82, 2.24) is 0 Å². The zero-order valence-electron chi connectivity index (χ0n) is 16.0. The van der Waals surface area contributed by atoms with Crippen LogP contribution in [0.15, 0.2) is 30.3 Å². The molecule has 0 saturated carbocycles. The number of nitrogens with zero attached hydrogens (tertiary/aromatic N) is 1. The van der Waals surface area contributed by atoms with Gasteiger partial charge in [0.25, 0.3) is 0 Å². The highest BCUT2D eigenvalue weighted by Gasteiger charge is 2.32. The van der Waals surface area contributed by atoms with Crippen LogP contribution in [0.2, 0.25) is 5.02 Å². The third-order valence-corrected chi connectivity index (χ3v) is 5.98. The summed E-state index contributed by atoms with van der Waals surface area (Å²) in [6.07, 6.45) is 2.72. The quantitative estimate of drug-likeness (QED) is 0.823. The summed E-state index contributed by atoms with van der Waals surface area (Å²) in [6.45, 7) is 2.63. The Morgan fingerprint density at radius 2 is 1.96 bits per heavy atom. The molecule has 2 aromatic carbocycles. The number of hydrogen-bond donors (Lipinski definition) is 1. The molecule has 1 N–H and O–H groups in total. The van der Waals surface area contributed by atoms with Crippen molar-refractivity contribution in [1.29, 1.82) is 5.26 Å². The minimum atomic E-state index is -0.349. The second kappa shape index (κ2) is 8.13. The molecule has 3 atom stereocenters. The molecular weight excluding hydrogens is 374 g/mol. The summed E-state index contributed by atoms with van der Waals surface area (Å²) >= 11 is 6.70. The number of fused-ring (bicyclic) bond motifs is 1. The summed E-state index contributed by atoms with van der Waals surface area (Å²) in [7, 11) is 0. The molecule has 146 valence electrons. The van der Waals surface area contributed by atoms with Gasteiger partial charge in [-0.3, -0.25) is 0 Å². The summed E-state index contributed by atoms with van der Waals surface area (Å²) in [5, 5.41) is 19.7. The van der Waals surface area contributed by atoms with Gasteiger partial charge in [-0.25, -0.2) is 0 Å². The van der Waals surface area contributed by atoms with Crippen molar-refractivity contribution in [2.75, 3.05) is 6.61 Å². The first-order chi connectivity index (χ1) is 13.5. The minimum absolute atomic E-state index is 0.0264. The first kappa shape index (κ1) is 19.3. The zero-order chi connectivity index (χ0) is 19.7. The average Bonchev–Trinajstić information content (AvgIpc) is 3.15. The Kier molecular flexibility index (Phi) is 5.59. The van der Waals surface area contributed by atoms with Gasteiger partial charge in [0.2, 0.25) is 0 Å². The highest BCUT2D eigenvalue weighted by atomic mass is 35.5. The smallest absolute Gasteiger partial charge is 0.141 e. The van der Waals surface area contributed by atoms with Gasteiger partial charge in [0.05, 0.1) is 42.4 Å². The maximum absolute atomic E-state index is 10.2. The fourth-order valence-corrected chi connectivity index (χ4v) is 4.52. The maximum atomic E-state index is 10.2. The van der Waals surface area contributed by atoms with E-state index in [4.69, 9.17) is 26.3 Å². The van der Waals surface area contributed by atoms with Gasteiger partial charge in [-0.05, 0) is 42.0 Å². The van der Waals surface area contributed by atoms with E-state index in [2.05, 4.69) is 12.1 Å². The molecule has 0 radical (unpaired) electrons. The van der Waals surface area contributed by atoms with Gasteiger partial charge in [-0.15, -0.1) is 0 Å². The number of rotatable bonds is 4. The lowest BCUT2D eigenvalue weighted by Gasteiger charge is -2.33. The Bertz CT molecular complexity index is 894. The monoisotopic (exact) mass is 397 g/mol. The van der Waals surface area contributed by atoms with E-state index >= 15 is 0 Å². The molecule has 3 unspecified atom stereocenters. The lowest BCUT2D eigenvalue weighted by molar-refractivity contribution is -0.0898. The summed E-state index contributed by atoms with van der Waals surface area (Å²) in [5.41, 5.74) is 5.35. The van der Waals surface area contributed by atoms with E-state index < -0.39 is 0 Å². The lowest BCUT2D eigenvalue weighted by atomic mass is 9.90. The molecule has 0 spiro atoms. The van der Waals surface area contributed by atoms with E-state index in [1.807, 2.05) is 31.2 Å².